The van der Waals surface area contributed by atoms with Gasteiger partial charge in [0.15, 0.2) is 0 Å². The van der Waals surface area contributed by atoms with E-state index in [1.54, 1.807) is 32.0 Å². The number of ether oxygens (including phenoxy) is 1. The molecule has 0 aromatic heterocycles. The molecule has 0 aliphatic carbocycles. The van der Waals surface area contributed by atoms with Crippen molar-refractivity contribution < 1.29 is 22.3 Å². The number of rotatable bonds is 7. The Hall–Kier alpha value is -2.49. The minimum absolute atomic E-state index is 0.0204. The lowest BCUT2D eigenvalue weighted by Crippen LogP contribution is -2.45. The van der Waals surface area contributed by atoms with Crippen molar-refractivity contribution in [2.75, 3.05) is 25.0 Å². The average Bonchev–Trinajstić information content (AvgIpc) is 2.76. The SMILES string of the molecule is CC1CN(c2ccc(CNC(=O)c3cccc(S(=O)(=O)N(C)C(C)C)c3)cc2F)CC(C)O1. The Morgan fingerprint density at radius 1 is 1.18 bits per heavy atom. The number of hydrogen-bond acceptors (Lipinski definition) is 5. The molecule has 180 valence electrons. The highest BCUT2D eigenvalue weighted by Crippen LogP contribution is 2.25. The Balaban J connectivity index is 1.68. The molecule has 9 heteroatoms. The van der Waals surface area contributed by atoms with Gasteiger partial charge in [-0.05, 0) is 63.6 Å². The van der Waals surface area contributed by atoms with E-state index in [0.29, 0.717) is 24.3 Å². The van der Waals surface area contributed by atoms with Gasteiger partial charge in [-0.15, -0.1) is 0 Å². The van der Waals surface area contributed by atoms with Crippen LogP contribution in [0.3, 0.4) is 0 Å². The molecule has 2 unspecified atom stereocenters. The van der Waals surface area contributed by atoms with E-state index in [1.807, 2.05) is 18.7 Å². The van der Waals surface area contributed by atoms with Gasteiger partial charge in [-0.1, -0.05) is 12.1 Å². The molecular formula is C24H32FN3O4S. The van der Waals surface area contributed by atoms with E-state index < -0.39 is 15.9 Å². The number of carbonyl (C=O) groups is 1. The molecule has 0 bridgehead atoms. The number of nitrogens with one attached hydrogen (secondary N) is 1. The first-order valence-corrected chi connectivity index (χ1v) is 12.5. The number of hydrogen-bond donors (Lipinski definition) is 1. The summed E-state index contributed by atoms with van der Waals surface area (Å²) in [5.74, 6) is -0.785. The molecular weight excluding hydrogens is 445 g/mol. The minimum atomic E-state index is -3.70. The van der Waals surface area contributed by atoms with Crippen LogP contribution in [0.25, 0.3) is 0 Å². The highest BCUT2D eigenvalue weighted by molar-refractivity contribution is 7.89. The summed E-state index contributed by atoms with van der Waals surface area (Å²) in [5.41, 5.74) is 1.35. The van der Waals surface area contributed by atoms with Gasteiger partial charge < -0.3 is 15.0 Å². The molecule has 1 fully saturated rings. The third-order valence-corrected chi connectivity index (χ3v) is 7.76. The van der Waals surface area contributed by atoms with Crippen molar-refractivity contribution in [3.05, 3.63) is 59.4 Å². The predicted molar refractivity (Wildman–Crippen MR) is 126 cm³/mol. The maximum absolute atomic E-state index is 14.8. The lowest BCUT2D eigenvalue weighted by Gasteiger charge is -2.37. The topological polar surface area (TPSA) is 79.0 Å². The third-order valence-electron chi connectivity index (χ3n) is 5.73. The van der Waals surface area contributed by atoms with Crippen molar-refractivity contribution in [1.82, 2.24) is 9.62 Å². The number of carbonyl (C=O) groups excluding carboxylic acids is 1. The van der Waals surface area contributed by atoms with Crippen LogP contribution in [-0.2, 0) is 21.3 Å². The number of amides is 1. The Morgan fingerprint density at radius 2 is 1.85 bits per heavy atom. The zero-order chi connectivity index (χ0) is 24.3. The van der Waals surface area contributed by atoms with E-state index in [9.17, 15) is 17.6 Å². The third kappa shape index (κ3) is 5.90. The summed E-state index contributed by atoms with van der Waals surface area (Å²) in [6.07, 6.45) is 0.0408. The number of nitrogens with zero attached hydrogens (tertiary/aromatic N) is 2. The molecule has 2 atom stereocenters. The van der Waals surface area contributed by atoms with Crippen molar-refractivity contribution in [3.63, 3.8) is 0 Å². The molecule has 3 rings (SSSR count). The second-order valence-electron chi connectivity index (χ2n) is 8.77. The van der Waals surface area contributed by atoms with Gasteiger partial charge in [0.2, 0.25) is 10.0 Å². The van der Waals surface area contributed by atoms with E-state index in [2.05, 4.69) is 5.32 Å². The largest absolute Gasteiger partial charge is 0.372 e. The standard InChI is InChI=1S/C24H32FN3O4S/c1-16(2)27(5)33(30,31)21-8-6-7-20(12-21)24(29)26-13-19-9-10-23(22(25)11-19)28-14-17(3)32-18(4)15-28/h6-12,16-18H,13-15H2,1-5H3,(H,26,29). The van der Waals surface area contributed by atoms with Gasteiger partial charge in [0.05, 0.1) is 22.8 Å². The van der Waals surface area contributed by atoms with Crippen LogP contribution in [0.5, 0.6) is 0 Å². The summed E-state index contributed by atoms with van der Waals surface area (Å²) in [6.45, 7) is 8.83. The molecule has 33 heavy (non-hydrogen) atoms. The van der Waals surface area contributed by atoms with E-state index >= 15 is 0 Å². The predicted octanol–water partition coefficient (Wildman–Crippen LogP) is 3.40. The molecule has 0 spiro atoms. The first-order valence-electron chi connectivity index (χ1n) is 11.0. The second kappa shape index (κ2) is 10.2. The molecule has 1 aliphatic rings. The van der Waals surface area contributed by atoms with E-state index in [1.165, 1.54) is 35.6 Å². The molecule has 0 radical (unpaired) electrons. The first kappa shape index (κ1) is 25.1. The van der Waals surface area contributed by atoms with Gasteiger partial charge in [0, 0.05) is 38.3 Å². The molecule has 2 aromatic rings. The van der Waals surface area contributed by atoms with Crippen LogP contribution in [0.1, 0.15) is 43.6 Å². The van der Waals surface area contributed by atoms with Gasteiger partial charge in [0.25, 0.3) is 5.91 Å². The molecule has 1 heterocycles. The van der Waals surface area contributed by atoms with Gasteiger partial charge >= 0.3 is 0 Å². The van der Waals surface area contributed by atoms with E-state index in [-0.39, 0.29) is 41.1 Å². The first-order chi connectivity index (χ1) is 15.5. The second-order valence-corrected chi connectivity index (χ2v) is 10.8. The minimum Gasteiger partial charge on any atom is -0.372 e. The normalized spacial score (nSPS) is 19.2. The van der Waals surface area contributed by atoms with Crippen molar-refractivity contribution in [3.8, 4) is 0 Å². The van der Waals surface area contributed by atoms with Gasteiger partial charge in [-0.25, -0.2) is 12.8 Å². The molecule has 7 nitrogen and oxygen atoms in total. The number of morpholine rings is 1. The van der Waals surface area contributed by atoms with Crippen LogP contribution in [0, 0.1) is 5.82 Å². The van der Waals surface area contributed by atoms with E-state index in [0.717, 1.165) is 0 Å². The highest BCUT2D eigenvalue weighted by Gasteiger charge is 2.25. The zero-order valence-corrected chi connectivity index (χ0v) is 20.5. The fourth-order valence-corrected chi connectivity index (χ4v) is 5.23. The summed E-state index contributed by atoms with van der Waals surface area (Å²) >= 11 is 0. The monoisotopic (exact) mass is 477 g/mol. The van der Waals surface area contributed by atoms with Crippen molar-refractivity contribution in [2.24, 2.45) is 0 Å². The van der Waals surface area contributed by atoms with Crippen LogP contribution in [0.2, 0.25) is 0 Å². The Bertz CT molecular complexity index is 1100. The molecule has 1 aliphatic heterocycles. The van der Waals surface area contributed by atoms with Gasteiger partial charge in [0.1, 0.15) is 5.82 Å². The number of halogens is 1. The maximum Gasteiger partial charge on any atom is 0.251 e. The lowest BCUT2D eigenvalue weighted by atomic mass is 10.1. The number of anilines is 1. The van der Waals surface area contributed by atoms with Crippen LogP contribution >= 0.6 is 0 Å². The zero-order valence-electron chi connectivity index (χ0n) is 19.7. The molecule has 1 N–H and O–H groups in total. The fourth-order valence-electron chi connectivity index (χ4n) is 3.82. The van der Waals surface area contributed by atoms with Gasteiger partial charge in [-0.3, -0.25) is 4.79 Å². The smallest absolute Gasteiger partial charge is 0.251 e. The molecule has 2 aromatic carbocycles. The average molecular weight is 478 g/mol. The Kier molecular flexibility index (Phi) is 7.76. The number of benzene rings is 2. The van der Waals surface area contributed by atoms with Crippen LogP contribution in [0.15, 0.2) is 47.4 Å². The Morgan fingerprint density at radius 3 is 2.45 bits per heavy atom. The Labute approximate surface area is 195 Å². The molecule has 0 saturated carbocycles. The lowest BCUT2D eigenvalue weighted by molar-refractivity contribution is -0.00539. The summed E-state index contributed by atoms with van der Waals surface area (Å²) in [4.78, 5) is 14.7. The van der Waals surface area contributed by atoms with E-state index in [4.69, 9.17) is 4.74 Å². The van der Waals surface area contributed by atoms with Crippen molar-refractivity contribution in [1.29, 1.82) is 0 Å². The van der Waals surface area contributed by atoms with Crippen LogP contribution < -0.4 is 10.2 Å². The maximum atomic E-state index is 14.8. The quantitative estimate of drug-likeness (QED) is 0.661. The summed E-state index contributed by atoms with van der Waals surface area (Å²) in [6, 6.07) is 10.6. The summed E-state index contributed by atoms with van der Waals surface area (Å²) in [7, 11) is -2.20. The van der Waals surface area contributed by atoms with Crippen LogP contribution in [0.4, 0.5) is 10.1 Å². The highest BCUT2D eigenvalue weighted by atomic mass is 32.2. The summed E-state index contributed by atoms with van der Waals surface area (Å²) in [5, 5.41) is 2.74. The fraction of sp³-hybridized carbons (Fsp3) is 0.458. The van der Waals surface area contributed by atoms with Crippen LogP contribution in [-0.4, -0.2) is 57.0 Å². The van der Waals surface area contributed by atoms with Crippen molar-refractivity contribution in [2.45, 2.75) is 57.4 Å². The summed E-state index contributed by atoms with van der Waals surface area (Å²) < 4.78 is 47.2. The number of sulfonamides is 1. The van der Waals surface area contributed by atoms with Crippen molar-refractivity contribution >= 4 is 21.6 Å². The van der Waals surface area contributed by atoms with Gasteiger partial charge in [-0.2, -0.15) is 4.31 Å². The molecule has 1 amide bonds. The molecule has 1 saturated heterocycles.